The highest BCUT2D eigenvalue weighted by Crippen LogP contribution is 2.37. The molecule has 0 radical (unpaired) electrons. The summed E-state index contributed by atoms with van der Waals surface area (Å²) in [6.07, 6.45) is 0. The van der Waals surface area contributed by atoms with Crippen LogP contribution in [0, 0.1) is 5.95 Å². The number of hydrogen-bond acceptors (Lipinski definition) is 4. The molecule has 1 aromatic heterocycles. The van der Waals surface area contributed by atoms with Crippen molar-refractivity contribution < 1.29 is 13.9 Å². The fourth-order valence-corrected chi connectivity index (χ4v) is 2.66. The summed E-state index contributed by atoms with van der Waals surface area (Å²) in [5.74, 6) is -1.42. The summed E-state index contributed by atoms with van der Waals surface area (Å²) in [6, 6.07) is -0.150. The van der Waals surface area contributed by atoms with E-state index in [4.69, 9.17) is 27.9 Å². The first-order chi connectivity index (χ1) is 9.09. The quantitative estimate of drug-likeness (QED) is 0.735. The molecule has 1 atom stereocenters. The van der Waals surface area contributed by atoms with Crippen molar-refractivity contribution in [2.24, 2.45) is 0 Å². The molecule has 1 amide bonds. The highest BCUT2D eigenvalue weighted by atomic mass is 35.5. The topological polar surface area (TPSA) is 54.5 Å². The van der Waals surface area contributed by atoms with Gasteiger partial charge in [-0.1, -0.05) is 23.2 Å². The normalized spacial score (nSPS) is 22.4. The Kier molecular flexibility index (Phi) is 3.24. The van der Waals surface area contributed by atoms with Gasteiger partial charge in [0.25, 0.3) is 5.91 Å². The summed E-state index contributed by atoms with van der Waals surface area (Å²) in [5, 5.41) is 2.92. The molecule has 0 aliphatic carbocycles. The van der Waals surface area contributed by atoms with Gasteiger partial charge in [0, 0.05) is 19.6 Å². The molecular weight excluding hydrogens is 296 g/mol. The van der Waals surface area contributed by atoms with E-state index in [-0.39, 0.29) is 34.1 Å². The van der Waals surface area contributed by atoms with Crippen molar-refractivity contribution in [1.29, 1.82) is 0 Å². The number of piperazine rings is 1. The zero-order valence-electron chi connectivity index (χ0n) is 9.75. The number of rotatable bonds is 0. The first-order valence-electron chi connectivity index (χ1n) is 5.78. The molecule has 3 rings (SSSR count). The van der Waals surface area contributed by atoms with Crippen molar-refractivity contribution in [3.8, 4) is 5.75 Å². The van der Waals surface area contributed by atoms with Gasteiger partial charge in [-0.15, -0.1) is 0 Å². The minimum atomic E-state index is -0.950. The molecule has 2 aliphatic rings. The SMILES string of the molecule is O=C1c2c(F)nc(Cl)c(Cl)c2OC[C@H]2CNCCN12. The Morgan fingerprint density at radius 2 is 2.26 bits per heavy atom. The van der Waals surface area contributed by atoms with E-state index in [2.05, 4.69) is 10.3 Å². The van der Waals surface area contributed by atoms with Crippen LogP contribution in [0.15, 0.2) is 0 Å². The lowest BCUT2D eigenvalue weighted by Crippen LogP contribution is -2.54. The van der Waals surface area contributed by atoms with Gasteiger partial charge < -0.3 is 15.0 Å². The minimum Gasteiger partial charge on any atom is -0.489 e. The molecule has 0 aromatic carbocycles. The van der Waals surface area contributed by atoms with Gasteiger partial charge >= 0.3 is 0 Å². The summed E-state index contributed by atoms with van der Waals surface area (Å²) >= 11 is 11.7. The Balaban J connectivity index is 2.12. The Morgan fingerprint density at radius 3 is 3.05 bits per heavy atom. The molecule has 0 bridgehead atoms. The van der Waals surface area contributed by atoms with Crippen LogP contribution in [-0.2, 0) is 0 Å². The number of carbonyl (C=O) groups is 1. The summed E-state index contributed by atoms with van der Waals surface area (Å²) < 4.78 is 19.4. The molecule has 1 aromatic rings. The van der Waals surface area contributed by atoms with Crippen LogP contribution in [0.3, 0.4) is 0 Å². The second-order valence-electron chi connectivity index (χ2n) is 4.38. The third-order valence-corrected chi connectivity index (χ3v) is 3.98. The van der Waals surface area contributed by atoms with Crippen LogP contribution in [-0.4, -0.2) is 48.1 Å². The van der Waals surface area contributed by atoms with Crippen molar-refractivity contribution in [3.63, 3.8) is 0 Å². The second-order valence-corrected chi connectivity index (χ2v) is 5.12. The molecule has 0 saturated carbocycles. The van der Waals surface area contributed by atoms with E-state index in [9.17, 15) is 9.18 Å². The number of halogens is 3. The molecule has 1 N–H and O–H groups in total. The number of nitrogens with zero attached hydrogens (tertiary/aromatic N) is 2. The maximum Gasteiger partial charge on any atom is 0.262 e. The molecule has 19 heavy (non-hydrogen) atoms. The fraction of sp³-hybridized carbons (Fsp3) is 0.455. The highest BCUT2D eigenvalue weighted by molar-refractivity contribution is 6.42. The van der Waals surface area contributed by atoms with Crippen LogP contribution in [0.1, 0.15) is 10.4 Å². The number of hydrogen-bond donors (Lipinski definition) is 1. The number of nitrogens with one attached hydrogen (secondary N) is 1. The average molecular weight is 306 g/mol. The minimum absolute atomic E-state index is 0.0152. The number of aromatic nitrogens is 1. The van der Waals surface area contributed by atoms with Gasteiger partial charge in [-0.25, -0.2) is 4.98 Å². The lowest BCUT2D eigenvalue weighted by Gasteiger charge is -2.33. The zero-order chi connectivity index (χ0) is 13.6. The van der Waals surface area contributed by atoms with Crippen LogP contribution in [0.25, 0.3) is 0 Å². The van der Waals surface area contributed by atoms with Crippen LogP contribution < -0.4 is 10.1 Å². The molecule has 0 spiro atoms. The molecule has 5 nitrogen and oxygen atoms in total. The van der Waals surface area contributed by atoms with Crippen molar-refractivity contribution in [2.75, 3.05) is 26.2 Å². The van der Waals surface area contributed by atoms with E-state index in [0.29, 0.717) is 19.6 Å². The molecule has 2 aliphatic heterocycles. The summed E-state index contributed by atoms with van der Waals surface area (Å²) in [7, 11) is 0. The van der Waals surface area contributed by atoms with E-state index >= 15 is 0 Å². The maximum atomic E-state index is 13.9. The number of amides is 1. The van der Waals surface area contributed by atoms with E-state index < -0.39 is 11.9 Å². The summed E-state index contributed by atoms with van der Waals surface area (Å²) in [4.78, 5) is 17.4. The van der Waals surface area contributed by atoms with Crippen molar-refractivity contribution in [1.82, 2.24) is 15.2 Å². The lowest BCUT2D eigenvalue weighted by atomic mass is 10.1. The van der Waals surface area contributed by atoms with Gasteiger partial charge in [-0.2, -0.15) is 4.39 Å². The Hall–Kier alpha value is -1.11. The van der Waals surface area contributed by atoms with E-state index in [0.717, 1.165) is 0 Å². The second kappa shape index (κ2) is 4.77. The van der Waals surface area contributed by atoms with Crippen LogP contribution >= 0.6 is 23.2 Å². The molecular formula is C11H10Cl2FN3O2. The molecule has 102 valence electrons. The van der Waals surface area contributed by atoms with E-state index in [1.165, 1.54) is 0 Å². The number of ether oxygens (including phenoxy) is 1. The monoisotopic (exact) mass is 305 g/mol. The molecule has 8 heteroatoms. The van der Waals surface area contributed by atoms with Crippen LogP contribution in [0.5, 0.6) is 5.75 Å². The third kappa shape index (κ3) is 2.04. The molecule has 3 heterocycles. The van der Waals surface area contributed by atoms with Crippen molar-refractivity contribution in [3.05, 3.63) is 21.7 Å². The highest BCUT2D eigenvalue weighted by Gasteiger charge is 2.36. The molecule has 1 saturated heterocycles. The first-order valence-corrected chi connectivity index (χ1v) is 6.54. The van der Waals surface area contributed by atoms with Gasteiger partial charge in [0.15, 0.2) is 10.9 Å². The lowest BCUT2D eigenvalue weighted by molar-refractivity contribution is 0.0603. The number of fused-ring (bicyclic) bond motifs is 2. The average Bonchev–Trinajstić information content (AvgIpc) is 2.54. The molecule has 0 unspecified atom stereocenters. The Bertz CT molecular complexity index is 555. The van der Waals surface area contributed by atoms with Gasteiger partial charge in [0.2, 0.25) is 5.95 Å². The standard InChI is InChI=1S/C11H10Cl2FN3O2/c12-7-8-6(10(14)16-9(7)13)11(18)17-2-1-15-3-5(17)4-19-8/h5,15H,1-4H2/t5-/m1/s1. The summed E-state index contributed by atoms with van der Waals surface area (Å²) in [5.41, 5.74) is -0.237. The van der Waals surface area contributed by atoms with Crippen molar-refractivity contribution in [2.45, 2.75) is 6.04 Å². The summed E-state index contributed by atoms with van der Waals surface area (Å²) in [6.45, 7) is 1.99. The first kappa shape index (κ1) is 12.9. The van der Waals surface area contributed by atoms with E-state index in [1.54, 1.807) is 4.90 Å². The van der Waals surface area contributed by atoms with Crippen LogP contribution in [0.2, 0.25) is 10.2 Å². The maximum absolute atomic E-state index is 13.9. The number of pyridine rings is 1. The van der Waals surface area contributed by atoms with Gasteiger partial charge in [-0.05, 0) is 0 Å². The smallest absolute Gasteiger partial charge is 0.262 e. The predicted molar refractivity (Wildman–Crippen MR) is 67.4 cm³/mol. The largest absolute Gasteiger partial charge is 0.489 e. The third-order valence-electron chi connectivity index (χ3n) is 3.26. The Morgan fingerprint density at radius 1 is 1.47 bits per heavy atom. The van der Waals surface area contributed by atoms with Gasteiger partial charge in [0.1, 0.15) is 17.2 Å². The zero-order valence-corrected chi connectivity index (χ0v) is 11.3. The van der Waals surface area contributed by atoms with E-state index in [1.807, 2.05) is 0 Å². The fourth-order valence-electron chi connectivity index (χ4n) is 2.31. The predicted octanol–water partition coefficient (Wildman–Crippen LogP) is 1.33. The van der Waals surface area contributed by atoms with Crippen molar-refractivity contribution >= 4 is 29.1 Å². The van der Waals surface area contributed by atoms with Crippen LogP contribution in [0.4, 0.5) is 4.39 Å². The van der Waals surface area contributed by atoms with Gasteiger partial charge in [-0.3, -0.25) is 4.79 Å². The van der Waals surface area contributed by atoms with Gasteiger partial charge in [0.05, 0.1) is 6.04 Å². The molecule has 1 fully saturated rings. The number of carbonyl (C=O) groups excluding carboxylic acids is 1. The Labute approximate surface area is 118 Å².